The number of amides is 1. The molecule has 4 rings (SSSR count). The van der Waals surface area contributed by atoms with E-state index >= 15 is 0 Å². The number of hydrogen-bond acceptors (Lipinski definition) is 10. The van der Waals surface area contributed by atoms with Gasteiger partial charge in [-0.15, -0.1) is 0 Å². The standard InChI is InChI=1S/C26H33N9O3/c1-16-5-4-7-20-23(16)35(25(32-20)22-24(30-14-13-28)34-38-33-22)15-21(36)17-8-10-18(11-9-17)31-26(37)19(29)6-2-3-12-27/h4-5,7-11,19H,2-3,6,12-15,27-29H2,1H3,(H,30,34)(H,31,37). The fraction of sp³-hybridized carbons (Fsp3) is 0.346. The van der Waals surface area contributed by atoms with Gasteiger partial charge in [0.2, 0.25) is 11.7 Å². The lowest BCUT2D eigenvalue weighted by atomic mass is 10.1. The lowest BCUT2D eigenvalue weighted by Crippen LogP contribution is -2.35. The van der Waals surface area contributed by atoms with E-state index in [1.807, 2.05) is 29.7 Å². The van der Waals surface area contributed by atoms with Crippen LogP contribution >= 0.6 is 0 Å². The lowest BCUT2D eigenvalue weighted by Gasteiger charge is -2.13. The number of aromatic nitrogens is 4. The molecular formula is C26H33N9O3. The van der Waals surface area contributed by atoms with E-state index in [-0.39, 0.29) is 18.2 Å². The summed E-state index contributed by atoms with van der Waals surface area (Å²) >= 11 is 0. The van der Waals surface area contributed by atoms with Crippen LogP contribution in [0.4, 0.5) is 11.5 Å². The number of fused-ring (bicyclic) bond motifs is 1. The molecule has 2 aromatic heterocycles. The lowest BCUT2D eigenvalue weighted by molar-refractivity contribution is -0.117. The van der Waals surface area contributed by atoms with Crippen LogP contribution in [0.2, 0.25) is 0 Å². The Morgan fingerprint density at radius 3 is 2.58 bits per heavy atom. The van der Waals surface area contributed by atoms with Crippen molar-refractivity contribution in [1.82, 2.24) is 19.9 Å². The molecule has 0 fully saturated rings. The second-order valence-corrected chi connectivity index (χ2v) is 9.02. The first-order chi connectivity index (χ1) is 18.4. The Bertz CT molecular complexity index is 1390. The maximum absolute atomic E-state index is 13.4. The van der Waals surface area contributed by atoms with Gasteiger partial charge >= 0.3 is 0 Å². The number of anilines is 2. The van der Waals surface area contributed by atoms with Crippen molar-refractivity contribution in [2.24, 2.45) is 17.2 Å². The van der Waals surface area contributed by atoms with Gasteiger partial charge in [0, 0.05) is 24.3 Å². The van der Waals surface area contributed by atoms with Gasteiger partial charge in [-0.05, 0) is 72.5 Å². The molecule has 0 saturated heterocycles. The van der Waals surface area contributed by atoms with Crippen LogP contribution < -0.4 is 27.8 Å². The zero-order chi connectivity index (χ0) is 27.1. The van der Waals surface area contributed by atoms with Gasteiger partial charge in [-0.2, -0.15) is 0 Å². The van der Waals surface area contributed by atoms with Crippen LogP contribution in [0.5, 0.6) is 0 Å². The highest BCUT2D eigenvalue weighted by atomic mass is 16.6. The second kappa shape index (κ2) is 12.4. The fourth-order valence-corrected chi connectivity index (χ4v) is 4.19. The SMILES string of the molecule is Cc1cccc2nc(-c3nonc3NCCN)n(CC(=O)c3ccc(NC(=O)C(N)CCCCN)cc3)c12. The van der Waals surface area contributed by atoms with E-state index in [2.05, 4.69) is 20.9 Å². The number of aryl methyl sites for hydroxylation is 1. The highest BCUT2D eigenvalue weighted by Crippen LogP contribution is 2.30. The van der Waals surface area contributed by atoms with E-state index in [1.54, 1.807) is 24.3 Å². The molecule has 1 unspecified atom stereocenters. The summed E-state index contributed by atoms with van der Waals surface area (Å²) in [5.41, 5.74) is 21.0. The van der Waals surface area contributed by atoms with Gasteiger partial charge in [0.1, 0.15) is 0 Å². The van der Waals surface area contributed by atoms with Gasteiger partial charge in [-0.25, -0.2) is 9.61 Å². The Labute approximate surface area is 219 Å². The highest BCUT2D eigenvalue weighted by Gasteiger charge is 2.23. The number of imidazole rings is 1. The Balaban J connectivity index is 1.55. The minimum absolute atomic E-state index is 0.0115. The summed E-state index contributed by atoms with van der Waals surface area (Å²) in [5, 5.41) is 13.8. The third kappa shape index (κ3) is 6.05. The number of rotatable bonds is 13. The molecule has 1 amide bonds. The van der Waals surface area contributed by atoms with Crippen LogP contribution in [0.1, 0.15) is 35.2 Å². The van der Waals surface area contributed by atoms with Crippen molar-refractivity contribution in [2.75, 3.05) is 30.3 Å². The van der Waals surface area contributed by atoms with Crippen LogP contribution in [0.15, 0.2) is 47.1 Å². The first-order valence-corrected chi connectivity index (χ1v) is 12.6. The summed E-state index contributed by atoms with van der Waals surface area (Å²) in [6.45, 7) is 3.42. The van der Waals surface area contributed by atoms with Crippen molar-refractivity contribution in [1.29, 1.82) is 0 Å². The van der Waals surface area contributed by atoms with Gasteiger partial charge in [0.15, 0.2) is 17.3 Å². The first kappa shape index (κ1) is 26.9. The molecule has 12 nitrogen and oxygen atoms in total. The van der Waals surface area contributed by atoms with Crippen molar-refractivity contribution < 1.29 is 14.2 Å². The summed E-state index contributed by atoms with van der Waals surface area (Å²) in [6.07, 6.45) is 2.17. The fourth-order valence-electron chi connectivity index (χ4n) is 4.19. The normalized spacial score (nSPS) is 12.0. The number of nitrogens with one attached hydrogen (secondary N) is 2. The summed E-state index contributed by atoms with van der Waals surface area (Å²) in [7, 11) is 0. The summed E-state index contributed by atoms with van der Waals surface area (Å²) in [5.74, 6) is 0.443. The number of Topliss-reactive ketones (excluding diaryl/α,β-unsaturated/α-hetero) is 1. The number of para-hydroxylation sites is 1. The maximum Gasteiger partial charge on any atom is 0.241 e. The minimum atomic E-state index is -0.616. The highest BCUT2D eigenvalue weighted by molar-refractivity contribution is 5.99. The van der Waals surface area contributed by atoms with Crippen LogP contribution in [0.25, 0.3) is 22.6 Å². The molecule has 38 heavy (non-hydrogen) atoms. The van der Waals surface area contributed by atoms with Gasteiger partial charge in [-0.1, -0.05) is 18.6 Å². The van der Waals surface area contributed by atoms with Crippen LogP contribution in [-0.4, -0.2) is 57.2 Å². The third-order valence-corrected chi connectivity index (χ3v) is 6.19. The molecule has 0 aliphatic carbocycles. The molecule has 2 heterocycles. The summed E-state index contributed by atoms with van der Waals surface area (Å²) in [4.78, 5) is 30.5. The topological polar surface area (TPSA) is 193 Å². The van der Waals surface area contributed by atoms with Gasteiger partial charge < -0.3 is 32.4 Å². The van der Waals surface area contributed by atoms with E-state index < -0.39 is 6.04 Å². The molecule has 0 radical (unpaired) electrons. The van der Waals surface area contributed by atoms with Crippen LogP contribution in [0.3, 0.4) is 0 Å². The molecule has 0 aliphatic heterocycles. The van der Waals surface area contributed by atoms with Crippen molar-refractivity contribution in [3.63, 3.8) is 0 Å². The van der Waals surface area contributed by atoms with Crippen LogP contribution in [-0.2, 0) is 11.3 Å². The van der Waals surface area contributed by atoms with E-state index in [1.165, 1.54) is 0 Å². The number of nitrogens with zero attached hydrogens (tertiary/aromatic N) is 4. The van der Waals surface area contributed by atoms with Gasteiger partial charge in [0.25, 0.3) is 0 Å². The average Bonchev–Trinajstić information content (AvgIpc) is 3.52. The first-order valence-electron chi connectivity index (χ1n) is 12.6. The average molecular weight is 520 g/mol. The maximum atomic E-state index is 13.4. The van der Waals surface area contributed by atoms with E-state index in [4.69, 9.17) is 26.8 Å². The molecule has 0 spiro atoms. The smallest absolute Gasteiger partial charge is 0.241 e. The van der Waals surface area contributed by atoms with Crippen molar-refractivity contribution in [3.8, 4) is 11.5 Å². The predicted molar refractivity (Wildman–Crippen MR) is 146 cm³/mol. The molecule has 0 aliphatic rings. The quantitative estimate of drug-likeness (QED) is 0.129. The third-order valence-electron chi connectivity index (χ3n) is 6.19. The van der Waals surface area contributed by atoms with Crippen molar-refractivity contribution >= 4 is 34.2 Å². The van der Waals surface area contributed by atoms with Crippen LogP contribution in [0, 0.1) is 6.92 Å². The monoisotopic (exact) mass is 519 g/mol. The van der Waals surface area contributed by atoms with E-state index in [0.29, 0.717) is 54.6 Å². The minimum Gasteiger partial charge on any atom is -0.364 e. The van der Waals surface area contributed by atoms with Crippen molar-refractivity contribution in [2.45, 2.75) is 38.8 Å². The number of hydrogen-bond donors (Lipinski definition) is 5. The molecule has 1 atom stereocenters. The van der Waals surface area contributed by atoms with E-state index in [9.17, 15) is 9.59 Å². The Morgan fingerprint density at radius 1 is 1.05 bits per heavy atom. The van der Waals surface area contributed by atoms with Crippen molar-refractivity contribution in [3.05, 3.63) is 53.6 Å². The molecule has 2 aromatic carbocycles. The Hall–Kier alpha value is -4.13. The number of unbranched alkanes of at least 4 members (excludes halogenated alkanes) is 1. The predicted octanol–water partition coefficient (Wildman–Crippen LogP) is 2.04. The number of nitrogens with two attached hydrogens (primary N) is 3. The van der Waals surface area contributed by atoms with Gasteiger partial charge in [-0.3, -0.25) is 9.59 Å². The Morgan fingerprint density at radius 2 is 1.84 bits per heavy atom. The number of ketones is 1. The van der Waals surface area contributed by atoms with E-state index in [0.717, 1.165) is 29.4 Å². The zero-order valence-electron chi connectivity index (χ0n) is 21.3. The number of benzene rings is 2. The molecule has 12 heteroatoms. The molecule has 0 saturated carbocycles. The largest absolute Gasteiger partial charge is 0.364 e. The number of carbonyl (C=O) groups excluding carboxylic acids is 2. The molecule has 0 bridgehead atoms. The zero-order valence-corrected chi connectivity index (χ0v) is 21.3. The Kier molecular flexibility index (Phi) is 8.79. The number of carbonyl (C=O) groups is 2. The second-order valence-electron chi connectivity index (χ2n) is 9.02. The molecule has 8 N–H and O–H groups in total. The summed E-state index contributed by atoms with van der Waals surface area (Å²) < 4.78 is 6.78. The summed E-state index contributed by atoms with van der Waals surface area (Å²) in [6, 6.07) is 11.9. The molecule has 4 aromatic rings. The molecular weight excluding hydrogens is 486 g/mol. The van der Waals surface area contributed by atoms with Gasteiger partial charge in [0.05, 0.1) is 23.6 Å². The molecule has 200 valence electrons.